The van der Waals surface area contributed by atoms with Gasteiger partial charge in [-0.05, 0) is 34.1 Å². The number of benzene rings is 1. The lowest BCUT2D eigenvalue weighted by molar-refractivity contribution is 0.0736. The zero-order chi connectivity index (χ0) is 14.3. The average molecular weight is 353 g/mol. The van der Waals surface area contributed by atoms with Crippen molar-refractivity contribution in [3.05, 3.63) is 22.7 Å². The van der Waals surface area contributed by atoms with Crippen LogP contribution in [0.25, 0.3) is 0 Å². The fraction of sp³-hybridized carbons (Fsp3) is 0.455. The molecule has 0 atom stereocenters. The van der Waals surface area contributed by atoms with Gasteiger partial charge < -0.3 is 15.2 Å². The Morgan fingerprint density at radius 3 is 2.68 bits per heavy atom. The van der Waals surface area contributed by atoms with Crippen molar-refractivity contribution in [2.24, 2.45) is 0 Å². The predicted octanol–water partition coefficient (Wildman–Crippen LogP) is 0.973. The van der Waals surface area contributed by atoms with Crippen molar-refractivity contribution >= 4 is 31.6 Å². The molecule has 0 fully saturated rings. The molecule has 0 saturated carbocycles. The summed E-state index contributed by atoms with van der Waals surface area (Å²) in [7, 11) is -1.96. The molecule has 1 aromatic rings. The molecule has 1 aromatic carbocycles. The highest BCUT2D eigenvalue weighted by Crippen LogP contribution is 2.22. The van der Waals surface area contributed by atoms with E-state index in [2.05, 4.69) is 20.7 Å². The van der Waals surface area contributed by atoms with Crippen LogP contribution in [-0.2, 0) is 19.5 Å². The van der Waals surface area contributed by atoms with Crippen LogP contribution in [0.5, 0.6) is 0 Å². The first-order chi connectivity index (χ1) is 8.97. The van der Waals surface area contributed by atoms with E-state index in [9.17, 15) is 8.42 Å². The van der Waals surface area contributed by atoms with Crippen LogP contribution < -0.4 is 10.5 Å². The average Bonchev–Trinajstić information content (AvgIpc) is 2.36. The lowest BCUT2D eigenvalue weighted by atomic mass is 10.3. The Kier molecular flexibility index (Phi) is 6.73. The third kappa shape index (κ3) is 5.45. The fourth-order valence-corrected chi connectivity index (χ4v) is 2.82. The number of nitrogen functional groups attached to an aromatic ring is 1. The summed E-state index contributed by atoms with van der Waals surface area (Å²) in [5.74, 6) is 0. The zero-order valence-corrected chi connectivity index (χ0v) is 13.0. The quantitative estimate of drug-likeness (QED) is 0.537. The van der Waals surface area contributed by atoms with E-state index in [1.165, 1.54) is 18.2 Å². The van der Waals surface area contributed by atoms with Gasteiger partial charge in [0.25, 0.3) is 0 Å². The lowest BCUT2D eigenvalue weighted by Gasteiger charge is -2.08. The number of nitrogens with one attached hydrogen (secondary N) is 1. The molecular formula is C11H17BrN2O4S. The van der Waals surface area contributed by atoms with Crippen molar-refractivity contribution in [1.82, 2.24) is 4.72 Å². The minimum absolute atomic E-state index is 0.158. The molecule has 0 unspecified atom stereocenters. The Labute approximate surface area is 121 Å². The topological polar surface area (TPSA) is 90.6 Å². The highest BCUT2D eigenvalue weighted by atomic mass is 79.9. The minimum atomic E-state index is -3.54. The summed E-state index contributed by atoms with van der Waals surface area (Å²) >= 11 is 3.19. The van der Waals surface area contributed by atoms with E-state index in [4.69, 9.17) is 15.2 Å². The Morgan fingerprint density at radius 1 is 1.32 bits per heavy atom. The van der Waals surface area contributed by atoms with Gasteiger partial charge in [-0.3, -0.25) is 0 Å². The number of ether oxygens (including phenoxy) is 2. The summed E-state index contributed by atoms with van der Waals surface area (Å²) < 4.78 is 36.8. The van der Waals surface area contributed by atoms with Crippen molar-refractivity contribution in [2.75, 3.05) is 39.2 Å². The molecule has 108 valence electrons. The fourth-order valence-electron chi connectivity index (χ4n) is 1.25. The molecule has 0 aliphatic rings. The number of nitrogens with two attached hydrogens (primary N) is 1. The standard InChI is InChI=1S/C11H17BrN2O4S/c1-17-6-7-18-5-4-14-19(15,16)9-2-3-11(13)10(12)8-9/h2-3,8,14H,4-7,13H2,1H3. The van der Waals surface area contributed by atoms with Gasteiger partial charge in [0, 0.05) is 23.8 Å². The molecule has 0 aromatic heterocycles. The van der Waals surface area contributed by atoms with E-state index in [1.807, 2.05) is 0 Å². The van der Waals surface area contributed by atoms with E-state index in [0.717, 1.165) is 0 Å². The first kappa shape index (κ1) is 16.4. The van der Waals surface area contributed by atoms with Gasteiger partial charge in [-0.1, -0.05) is 0 Å². The van der Waals surface area contributed by atoms with E-state index < -0.39 is 10.0 Å². The highest BCUT2D eigenvalue weighted by Gasteiger charge is 2.14. The van der Waals surface area contributed by atoms with E-state index in [-0.39, 0.29) is 11.4 Å². The van der Waals surface area contributed by atoms with Crippen LogP contribution in [0, 0.1) is 0 Å². The largest absolute Gasteiger partial charge is 0.398 e. The van der Waals surface area contributed by atoms with Gasteiger partial charge in [-0.15, -0.1) is 0 Å². The maximum Gasteiger partial charge on any atom is 0.240 e. The van der Waals surface area contributed by atoms with Crippen molar-refractivity contribution in [3.63, 3.8) is 0 Å². The van der Waals surface area contributed by atoms with Crippen LogP contribution >= 0.6 is 15.9 Å². The molecular weight excluding hydrogens is 336 g/mol. The monoisotopic (exact) mass is 352 g/mol. The van der Waals surface area contributed by atoms with Gasteiger partial charge in [-0.25, -0.2) is 13.1 Å². The summed E-state index contributed by atoms with van der Waals surface area (Å²) in [6.45, 7) is 1.41. The first-order valence-corrected chi connectivity index (χ1v) is 7.86. The minimum Gasteiger partial charge on any atom is -0.398 e. The van der Waals surface area contributed by atoms with E-state index in [1.54, 1.807) is 7.11 Å². The molecule has 8 heteroatoms. The number of hydrogen-bond acceptors (Lipinski definition) is 5. The van der Waals surface area contributed by atoms with Gasteiger partial charge in [0.05, 0.1) is 24.7 Å². The van der Waals surface area contributed by atoms with Crippen molar-refractivity contribution in [3.8, 4) is 0 Å². The predicted molar refractivity (Wildman–Crippen MR) is 76.4 cm³/mol. The number of halogens is 1. The molecule has 3 N–H and O–H groups in total. The summed E-state index contributed by atoms with van der Waals surface area (Å²) in [5, 5.41) is 0. The molecule has 0 amide bonds. The summed E-state index contributed by atoms with van der Waals surface area (Å²) in [4.78, 5) is 0.158. The molecule has 0 spiro atoms. The molecule has 0 saturated heterocycles. The second-order valence-electron chi connectivity index (χ2n) is 3.69. The van der Waals surface area contributed by atoms with Gasteiger partial charge in [-0.2, -0.15) is 0 Å². The van der Waals surface area contributed by atoms with Crippen LogP contribution in [0.1, 0.15) is 0 Å². The Morgan fingerprint density at radius 2 is 2.05 bits per heavy atom. The molecule has 0 bridgehead atoms. The van der Waals surface area contributed by atoms with Gasteiger partial charge in [0.1, 0.15) is 0 Å². The van der Waals surface area contributed by atoms with Gasteiger partial charge in [0.2, 0.25) is 10.0 Å². The van der Waals surface area contributed by atoms with Gasteiger partial charge >= 0.3 is 0 Å². The molecule has 6 nitrogen and oxygen atoms in total. The molecule has 0 heterocycles. The van der Waals surface area contributed by atoms with E-state index >= 15 is 0 Å². The number of methoxy groups -OCH3 is 1. The highest BCUT2D eigenvalue weighted by molar-refractivity contribution is 9.10. The van der Waals surface area contributed by atoms with Crippen LogP contribution in [0.3, 0.4) is 0 Å². The van der Waals surface area contributed by atoms with Crippen molar-refractivity contribution in [1.29, 1.82) is 0 Å². The zero-order valence-electron chi connectivity index (χ0n) is 10.6. The van der Waals surface area contributed by atoms with E-state index in [0.29, 0.717) is 30.0 Å². The lowest BCUT2D eigenvalue weighted by Crippen LogP contribution is -2.27. The number of anilines is 1. The third-order valence-corrected chi connectivity index (χ3v) is 4.40. The van der Waals surface area contributed by atoms with Gasteiger partial charge in [0.15, 0.2) is 0 Å². The van der Waals surface area contributed by atoms with Crippen LogP contribution in [-0.4, -0.2) is 41.9 Å². The van der Waals surface area contributed by atoms with Crippen molar-refractivity contribution < 1.29 is 17.9 Å². The number of hydrogen-bond donors (Lipinski definition) is 2. The summed E-state index contributed by atoms with van der Waals surface area (Å²) in [6, 6.07) is 4.45. The smallest absolute Gasteiger partial charge is 0.240 e. The molecule has 0 radical (unpaired) electrons. The van der Waals surface area contributed by atoms with Crippen molar-refractivity contribution in [2.45, 2.75) is 4.90 Å². The van der Waals surface area contributed by atoms with Crippen LogP contribution in [0.4, 0.5) is 5.69 Å². The Bertz CT molecular complexity index is 507. The first-order valence-electron chi connectivity index (χ1n) is 5.59. The second kappa shape index (κ2) is 7.81. The molecule has 0 aliphatic heterocycles. The molecule has 0 aliphatic carbocycles. The summed E-state index contributed by atoms with van der Waals surface area (Å²) in [6.07, 6.45) is 0. The third-order valence-electron chi connectivity index (χ3n) is 2.25. The Balaban J connectivity index is 2.49. The Hall–Kier alpha value is -0.670. The molecule has 1 rings (SSSR count). The molecule has 19 heavy (non-hydrogen) atoms. The number of sulfonamides is 1. The summed E-state index contributed by atoms with van der Waals surface area (Å²) in [5.41, 5.74) is 6.09. The number of rotatable bonds is 8. The maximum absolute atomic E-state index is 11.9. The second-order valence-corrected chi connectivity index (χ2v) is 6.31. The maximum atomic E-state index is 11.9. The van der Waals surface area contributed by atoms with Crippen LogP contribution in [0.15, 0.2) is 27.6 Å². The van der Waals surface area contributed by atoms with Crippen LogP contribution in [0.2, 0.25) is 0 Å². The SMILES string of the molecule is COCCOCCNS(=O)(=O)c1ccc(N)c(Br)c1. The normalized spacial score (nSPS) is 11.7.